The lowest BCUT2D eigenvalue weighted by molar-refractivity contribution is 0.427. The van der Waals surface area contributed by atoms with Gasteiger partial charge in [0.1, 0.15) is 0 Å². The van der Waals surface area contributed by atoms with Crippen LogP contribution in [0.15, 0.2) is 24.3 Å². The number of hydrogen-bond acceptors (Lipinski definition) is 1. The molecule has 0 spiro atoms. The van der Waals surface area contributed by atoms with Gasteiger partial charge >= 0.3 is 0 Å². The second kappa shape index (κ2) is 4.80. The van der Waals surface area contributed by atoms with E-state index in [1.165, 1.54) is 24.8 Å². The summed E-state index contributed by atoms with van der Waals surface area (Å²) >= 11 is 0. The van der Waals surface area contributed by atoms with E-state index >= 15 is 0 Å². The van der Waals surface area contributed by atoms with Gasteiger partial charge in [-0.2, -0.15) is 0 Å². The third kappa shape index (κ3) is 2.60. The highest BCUT2D eigenvalue weighted by atomic mass is 14.9. The Morgan fingerprint density at radius 2 is 2.13 bits per heavy atom. The van der Waals surface area contributed by atoms with Crippen LogP contribution in [0.25, 0.3) is 0 Å². The van der Waals surface area contributed by atoms with Crippen molar-refractivity contribution in [2.45, 2.75) is 39.2 Å². The number of benzene rings is 1. The normalized spacial score (nSPS) is 20.3. The fraction of sp³-hybridized carbons (Fsp3) is 0.571. The van der Waals surface area contributed by atoms with E-state index in [1.54, 1.807) is 5.56 Å². The second-order valence-corrected chi connectivity index (χ2v) is 4.95. The van der Waals surface area contributed by atoms with Gasteiger partial charge in [-0.15, -0.1) is 0 Å². The van der Waals surface area contributed by atoms with E-state index in [-0.39, 0.29) is 0 Å². The summed E-state index contributed by atoms with van der Waals surface area (Å²) in [5.74, 6) is 0.735. The molecule has 0 fully saturated rings. The molecule has 0 aromatic heterocycles. The van der Waals surface area contributed by atoms with Crippen LogP contribution in [0.2, 0.25) is 0 Å². The average Bonchev–Trinajstić information content (AvgIpc) is 2.26. The first-order chi connectivity index (χ1) is 7.27. The zero-order valence-corrected chi connectivity index (χ0v) is 9.79. The molecule has 1 atom stereocenters. The summed E-state index contributed by atoms with van der Waals surface area (Å²) in [7, 11) is 0. The minimum Gasteiger partial charge on any atom is -0.310 e. The summed E-state index contributed by atoms with van der Waals surface area (Å²) in [5.41, 5.74) is 3.08. The number of hydrogen-bond donors (Lipinski definition) is 1. The SMILES string of the molecule is CC(C)CNC1CCCc2ccccc21. The molecule has 1 N–H and O–H groups in total. The van der Waals surface area contributed by atoms with E-state index in [9.17, 15) is 0 Å². The van der Waals surface area contributed by atoms with Crippen molar-refractivity contribution in [1.29, 1.82) is 0 Å². The summed E-state index contributed by atoms with van der Waals surface area (Å²) in [6, 6.07) is 9.47. The third-order valence-corrected chi connectivity index (χ3v) is 3.14. The van der Waals surface area contributed by atoms with Crippen LogP contribution in [0.4, 0.5) is 0 Å². The Bertz CT molecular complexity index is 317. The topological polar surface area (TPSA) is 12.0 Å². The van der Waals surface area contributed by atoms with Crippen molar-refractivity contribution in [1.82, 2.24) is 5.32 Å². The van der Waals surface area contributed by atoms with Gasteiger partial charge < -0.3 is 5.32 Å². The van der Waals surface area contributed by atoms with Crippen molar-refractivity contribution in [3.8, 4) is 0 Å². The van der Waals surface area contributed by atoms with E-state index in [0.29, 0.717) is 6.04 Å². The van der Waals surface area contributed by atoms with Crippen LogP contribution in [0.3, 0.4) is 0 Å². The minimum absolute atomic E-state index is 0.595. The van der Waals surface area contributed by atoms with Crippen LogP contribution in [0.5, 0.6) is 0 Å². The summed E-state index contributed by atoms with van der Waals surface area (Å²) in [5, 5.41) is 3.68. The van der Waals surface area contributed by atoms with Crippen molar-refractivity contribution < 1.29 is 0 Å². The molecule has 0 amide bonds. The molecule has 2 rings (SSSR count). The lowest BCUT2D eigenvalue weighted by Gasteiger charge is -2.27. The molecular formula is C14H21N. The van der Waals surface area contributed by atoms with E-state index in [1.807, 2.05) is 0 Å². The highest BCUT2D eigenvalue weighted by Gasteiger charge is 2.18. The first-order valence-electron chi connectivity index (χ1n) is 6.08. The zero-order chi connectivity index (χ0) is 10.7. The predicted octanol–water partition coefficient (Wildman–Crippen LogP) is 3.31. The average molecular weight is 203 g/mol. The maximum atomic E-state index is 3.68. The fourth-order valence-electron chi connectivity index (χ4n) is 2.34. The van der Waals surface area contributed by atoms with Crippen LogP contribution in [-0.2, 0) is 6.42 Å². The Morgan fingerprint density at radius 3 is 2.93 bits per heavy atom. The summed E-state index contributed by atoms with van der Waals surface area (Å²) in [6.45, 7) is 5.66. The van der Waals surface area contributed by atoms with Gasteiger partial charge in [0.05, 0.1) is 0 Å². The molecule has 0 bridgehead atoms. The maximum absolute atomic E-state index is 3.68. The van der Waals surface area contributed by atoms with Gasteiger partial charge in [-0.05, 0) is 42.9 Å². The zero-order valence-electron chi connectivity index (χ0n) is 9.79. The predicted molar refractivity (Wildman–Crippen MR) is 65.0 cm³/mol. The molecule has 1 aromatic rings. The van der Waals surface area contributed by atoms with Crippen molar-refractivity contribution in [3.05, 3.63) is 35.4 Å². The van der Waals surface area contributed by atoms with E-state index in [4.69, 9.17) is 0 Å². The molecular weight excluding hydrogens is 182 g/mol. The number of nitrogens with one attached hydrogen (secondary N) is 1. The van der Waals surface area contributed by atoms with Gasteiger partial charge in [0.15, 0.2) is 0 Å². The van der Waals surface area contributed by atoms with Crippen LogP contribution >= 0.6 is 0 Å². The summed E-state index contributed by atoms with van der Waals surface area (Å²) in [6.07, 6.45) is 3.88. The molecule has 1 nitrogen and oxygen atoms in total. The highest BCUT2D eigenvalue weighted by Crippen LogP contribution is 2.29. The lowest BCUT2D eigenvalue weighted by Crippen LogP contribution is -2.28. The van der Waals surface area contributed by atoms with Gasteiger partial charge in [-0.3, -0.25) is 0 Å². The van der Waals surface area contributed by atoms with Crippen LogP contribution in [0, 0.1) is 5.92 Å². The molecule has 15 heavy (non-hydrogen) atoms. The van der Waals surface area contributed by atoms with Crippen molar-refractivity contribution in [3.63, 3.8) is 0 Å². The molecule has 0 heterocycles. The molecule has 1 heteroatoms. The highest BCUT2D eigenvalue weighted by molar-refractivity contribution is 5.32. The van der Waals surface area contributed by atoms with Crippen molar-refractivity contribution in [2.75, 3.05) is 6.54 Å². The van der Waals surface area contributed by atoms with E-state index in [2.05, 4.69) is 43.4 Å². The number of fused-ring (bicyclic) bond motifs is 1. The first kappa shape index (κ1) is 10.7. The molecule has 1 unspecified atom stereocenters. The van der Waals surface area contributed by atoms with Gasteiger partial charge in [0.25, 0.3) is 0 Å². The molecule has 0 radical (unpaired) electrons. The Labute approximate surface area is 92.9 Å². The third-order valence-electron chi connectivity index (χ3n) is 3.14. The molecule has 0 saturated heterocycles. The minimum atomic E-state index is 0.595. The second-order valence-electron chi connectivity index (χ2n) is 4.95. The van der Waals surface area contributed by atoms with Crippen molar-refractivity contribution >= 4 is 0 Å². The van der Waals surface area contributed by atoms with E-state index < -0.39 is 0 Å². The van der Waals surface area contributed by atoms with E-state index in [0.717, 1.165) is 12.5 Å². The van der Waals surface area contributed by atoms with Gasteiger partial charge in [-0.1, -0.05) is 38.1 Å². The molecule has 1 aromatic carbocycles. The Hall–Kier alpha value is -0.820. The number of aryl methyl sites for hydroxylation is 1. The number of rotatable bonds is 3. The Kier molecular flexibility index (Phi) is 3.42. The summed E-state index contributed by atoms with van der Waals surface area (Å²) in [4.78, 5) is 0. The maximum Gasteiger partial charge on any atom is 0.0323 e. The largest absolute Gasteiger partial charge is 0.310 e. The van der Waals surface area contributed by atoms with Crippen LogP contribution in [0.1, 0.15) is 43.9 Å². The molecule has 0 saturated carbocycles. The van der Waals surface area contributed by atoms with Crippen LogP contribution < -0.4 is 5.32 Å². The summed E-state index contributed by atoms with van der Waals surface area (Å²) < 4.78 is 0. The smallest absolute Gasteiger partial charge is 0.0323 e. The Morgan fingerprint density at radius 1 is 1.33 bits per heavy atom. The van der Waals surface area contributed by atoms with Crippen molar-refractivity contribution in [2.24, 2.45) is 5.92 Å². The Balaban J connectivity index is 2.08. The monoisotopic (exact) mass is 203 g/mol. The van der Waals surface area contributed by atoms with Crippen LogP contribution in [-0.4, -0.2) is 6.54 Å². The standard InChI is InChI=1S/C14H21N/c1-11(2)10-15-14-9-5-7-12-6-3-4-8-13(12)14/h3-4,6,8,11,14-15H,5,7,9-10H2,1-2H3. The molecule has 1 aliphatic rings. The van der Waals surface area contributed by atoms with Gasteiger partial charge in [0, 0.05) is 6.04 Å². The molecule has 1 aliphatic carbocycles. The molecule has 82 valence electrons. The lowest BCUT2D eigenvalue weighted by atomic mass is 9.87. The quantitative estimate of drug-likeness (QED) is 0.794. The first-order valence-corrected chi connectivity index (χ1v) is 6.08. The van der Waals surface area contributed by atoms with Gasteiger partial charge in [-0.25, -0.2) is 0 Å². The fourth-order valence-corrected chi connectivity index (χ4v) is 2.34. The molecule has 0 aliphatic heterocycles. The van der Waals surface area contributed by atoms with Gasteiger partial charge in [0.2, 0.25) is 0 Å².